The number of nitrogens with zero attached hydrogens (tertiary/aromatic N) is 2. The van der Waals surface area contributed by atoms with Crippen LogP contribution in [0, 0.1) is 0 Å². The van der Waals surface area contributed by atoms with Gasteiger partial charge in [0.25, 0.3) is 5.91 Å². The van der Waals surface area contributed by atoms with Crippen molar-refractivity contribution in [3.8, 4) is 0 Å². The van der Waals surface area contributed by atoms with Crippen LogP contribution in [0.2, 0.25) is 0 Å². The Hall–Kier alpha value is -2.89. The lowest BCUT2D eigenvalue weighted by molar-refractivity contribution is -0.114. The van der Waals surface area contributed by atoms with Crippen molar-refractivity contribution in [2.24, 2.45) is 0 Å². The summed E-state index contributed by atoms with van der Waals surface area (Å²) < 4.78 is 0. The molecule has 0 radical (unpaired) electrons. The van der Waals surface area contributed by atoms with Crippen LogP contribution < -0.4 is 15.5 Å². The van der Waals surface area contributed by atoms with Crippen LogP contribution in [-0.4, -0.2) is 29.9 Å². The Kier molecular flexibility index (Phi) is 5.84. The molecular formula is C20H24N4O2. The standard InChI is InChI=1S/C20H24N4O2/c1-15(25)22-17-7-9-18(10-8-17)23-20(26)16-6-11-19(21-14-16)24-12-4-2-3-5-13-24/h6-11,14H,2-5,12-13H2,1H3,(H,22,25)(H,23,26). The van der Waals surface area contributed by atoms with Crippen LogP contribution in [-0.2, 0) is 4.79 Å². The van der Waals surface area contributed by atoms with Crippen molar-refractivity contribution in [1.29, 1.82) is 0 Å². The van der Waals surface area contributed by atoms with E-state index < -0.39 is 0 Å². The number of aromatic nitrogens is 1. The second-order valence-corrected chi connectivity index (χ2v) is 6.52. The number of hydrogen-bond acceptors (Lipinski definition) is 4. The third-order valence-corrected chi connectivity index (χ3v) is 4.40. The summed E-state index contributed by atoms with van der Waals surface area (Å²) in [4.78, 5) is 30.2. The van der Waals surface area contributed by atoms with Crippen molar-refractivity contribution in [1.82, 2.24) is 4.98 Å². The minimum Gasteiger partial charge on any atom is -0.357 e. The zero-order valence-corrected chi connectivity index (χ0v) is 15.0. The highest BCUT2D eigenvalue weighted by Gasteiger charge is 2.12. The van der Waals surface area contributed by atoms with Gasteiger partial charge in [-0.15, -0.1) is 0 Å². The van der Waals surface area contributed by atoms with E-state index in [4.69, 9.17) is 0 Å². The SMILES string of the molecule is CC(=O)Nc1ccc(NC(=O)c2ccc(N3CCCCCC3)nc2)cc1. The fraction of sp³-hybridized carbons (Fsp3) is 0.350. The summed E-state index contributed by atoms with van der Waals surface area (Å²) in [5.41, 5.74) is 1.88. The smallest absolute Gasteiger partial charge is 0.257 e. The molecule has 6 nitrogen and oxygen atoms in total. The molecule has 2 amide bonds. The van der Waals surface area contributed by atoms with Crippen molar-refractivity contribution in [3.63, 3.8) is 0 Å². The van der Waals surface area contributed by atoms with Gasteiger partial charge in [-0.1, -0.05) is 12.8 Å². The average Bonchev–Trinajstić information content (AvgIpc) is 2.92. The Balaban J connectivity index is 1.61. The number of amides is 2. The molecule has 1 fully saturated rings. The van der Waals surface area contributed by atoms with Crippen molar-refractivity contribution in [3.05, 3.63) is 48.2 Å². The Morgan fingerprint density at radius 2 is 1.50 bits per heavy atom. The van der Waals surface area contributed by atoms with Crippen molar-refractivity contribution in [2.75, 3.05) is 28.6 Å². The minimum atomic E-state index is -0.202. The number of hydrogen-bond donors (Lipinski definition) is 2. The minimum absolute atomic E-state index is 0.127. The maximum atomic E-state index is 12.4. The second kappa shape index (κ2) is 8.47. The number of pyridine rings is 1. The van der Waals surface area contributed by atoms with E-state index in [0.29, 0.717) is 16.9 Å². The van der Waals surface area contributed by atoms with Gasteiger partial charge < -0.3 is 15.5 Å². The molecular weight excluding hydrogens is 328 g/mol. The first kappa shape index (κ1) is 17.9. The van der Waals surface area contributed by atoms with Gasteiger partial charge in [0.1, 0.15) is 5.82 Å². The van der Waals surface area contributed by atoms with E-state index in [0.717, 1.165) is 18.9 Å². The first-order chi connectivity index (χ1) is 12.6. The zero-order chi connectivity index (χ0) is 18.4. The van der Waals surface area contributed by atoms with Crippen LogP contribution in [0.4, 0.5) is 17.2 Å². The number of benzene rings is 1. The molecule has 0 saturated carbocycles. The first-order valence-electron chi connectivity index (χ1n) is 9.02. The van der Waals surface area contributed by atoms with Crippen molar-refractivity contribution >= 4 is 29.0 Å². The van der Waals surface area contributed by atoms with Gasteiger partial charge in [0.2, 0.25) is 5.91 Å². The highest BCUT2D eigenvalue weighted by Crippen LogP contribution is 2.18. The van der Waals surface area contributed by atoms with E-state index in [1.165, 1.54) is 32.6 Å². The molecule has 1 aliphatic rings. The topological polar surface area (TPSA) is 74.3 Å². The highest BCUT2D eigenvalue weighted by atomic mass is 16.2. The Morgan fingerprint density at radius 3 is 2.04 bits per heavy atom. The summed E-state index contributed by atoms with van der Waals surface area (Å²) in [6.07, 6.45) is 6.56. The van der Waals surface area contributed by atoms with Crippen LogP contribution in [0.25, 0.3) is 0 Å². The van der Waals surface area contributed by atoms with Gasteiger partial charge >= 0.3 is 0 Å². The summed E-state index contributed by atoms with van der Waals surface area (Å²) >= 11 is 0. The Labute approximate surface area is 153 Å². The molecule has 0 aliphatic carbocycles. The van der Waals surface area contributed by atoms with Gasteiger partial charge in [-0.05, 0) is 49.2 Å². The Bertz CT molecular complexity index is 748. The lowest BCUT2D eigenvalue weighted by atomic mass is 10.2. The molecule has 0 atom stereocenters. The van der Waals surface area contributed by atoms with Crippen LogP contribution in [0.15, 0.2) is 42.6 Å². The predicted octanol–water partition coefficient (Wildman–Crippen LogP) is 3.67. The quantitative estimate of drug-likeness (QED) is 0.880. The lowest BCUT2D eigenvalue weighted by Gasteiger charge is -2.21. The third kappa shape index (κ3) is 4.81. The molecule has 136 valence electrons. The van der Waals surface area contributed by atoms with Crippen LogP contribution in [0.5, 0.6) is 0 Å². The second-order valence-electron chi connectivity index (χ2n) is 6.52. The zero-order valence-electron chi connectivity index (χ0n) is 15.0. The number of carbonyl (C=O) groups is 2. The normalized spacial score (nSPS) is 14.4. The lowest BCUT2D eigenvalue weighted by Crippen LogP contribution is -2.25. The molecule has 3 rings (SSSR count). The molecule has 1 aliphatic heterocycles. The molecule has 1 aromatic heterocycles. The summed E-state index contributed by atoms with van der Waals surface area (Å²) in [6, 6.07) is 10.7. The summed E-state index contributed by atoms with van der Waals surface area (Å²) in [7, 11) is 0. The highest BCUT2D eigenvalue weighted by molar-refractivity contribution is 6.04. The van der Waals surface area contributed by atoms with E-state index in [9.17, 15) is 9.59 Å². The molecule has 2 N–H and O–H groups in total. The largest absolute Gasteiger partial charge is 0.357 e. The van der Waals surface area contributed by atoms with Crippen LogP contribution in [0.1, 0.15) is 43.0 Å². The molecule has 26 heavy (non-hydrogen) atoms. The van der Waals surface area contributed by atoms with Gasteiger partial charge in [0, 0.05) is 37.6 Å². The van der Waals surface area contributed by atoms with Crippen molar-refractivity contribution in [2.45, 2.75) is 32.6 Å². The van der Waals surface area contributed by atoms with Gasteiger partial charge in [-0.3, -0.25) is 9.59 Å². The molecule has 0 unspecified atom stereocenters. The monoisotopic (exact) mass is 352 g/mol. The average molecular weight is 352 g/mol. The molecule has 6 heteroatoms. The molecule has 0 spiro atoms. The molecule has 0 bridgehead atoms. The van der Waals surface area contributed by atoms with E-state index in [-0.39, 0.29) is 11.8 Å². The third-order valence-electron chi connectivity index (χ3n) is 4.40. The van der Waals surface area contributed by atoms with Gasteiger partial charge in [0.15, 0.2) is 0 Å². The van der Waals surface area contributed by atoms with Crippen LogP contribution >= 0.6 is 0 Å². The number of rotatable bonds is 4. The maximum absolute atomic E-state index is 12.4. The van der Waals surface area contributed by atoms with E-state index >= 15 is 0 Å². The summed E-state index contributed by atoms with van der Waals surface area (Å²) in [6.45, 7) is 3.51. The van der Waals surface area contributed by atoms with Gasteiger partial charge in [-0.2, -0.15) is 0 Å². The predicted molar refractivity (Wildman–Crippen MR) is 104 cm³/mol. The molecule has 2 aromatic rings. The molecule has 1 aromatic carbocycles. The van der Waals surface area contributed by atoms with E-state index in [2.05, 4.69) is 20.5 Å². The van der Waals surface area contributed by atoms with E-state index in [1.807, 2.05) is 12.1 Å². The number of carbonyl (C=O) groups excluding carboxylic acids is 2. The van der Waals surface area contributed by atoms with Crippen molar-refractivity contribution < 1.29 is 9.59 Å². The fourth-order valence-corrected chi connectivity index (χ4v) is 3.05. The fourth-order valence-electron chi connectivity index (χ4n) is 3.05. The summed E-state index contributed by atoms with van der Waals surface area (Å²) in [5.74, 6) is 0.604. The summed E-state index contributed by atoms with van der Waals surface area (Å²) in [5, 5.41) is 5.54. The first-order valence-corrected chi connectivity index (χ1v) is 9.02. The van der Waals surface area contributed by atoms with Gasteiger partial charge in [-0.25, -0.2) is 4.98 Å². The number of anilines is 3. The molecule has 1 saturated heterocycles. The molecule has 2 heterocycles. The van der Waals surface area contributed by atoms with Gasteiger partial charge in [0.05, 0.1) is 5.56 Å². The van der Waals surface area contributed by atoms with E-state index in [1.54, 1.807) is 30.5 Å². The number of nitrogens with one attached hydrogen (secondary N) is 2. The maximum Gasteiger partial charge on any atom is 0.257 e. The van der Waals surface area contributed by atoms with Crippen LogP contribution in [0.3, 0.4) is 0 Å². The Morgan fingerprint density at radius 1 is 0.885 bits per heavy atom.